The van der Waals surface area contributed by atoms with Crippen LogP contribution in [0.4, 0.5) is 0 Å². The fourth-order valence-electron chi connectivity index (χ4n) is 5.34. The maximum atomic E-state index is 2.63. The molecule has 2 fully saturated rings. The minimum absolute atomic E-state index is 0.596. The van der Waals surface area contributed by atoms with E-state index < -0.39 is 0 Å². The van der Waals surface area contributed by atoms with E-state index in [1.807, 2.05) is 0 Å². The summed E-state index contributed by atoms with van der Waals surface area (Å²) in [5.41, 5.74) is 3.01. The Bertz CT molecular complexity index is 323. The summed E-state index contributed by atoms with van der Waals surface area (Å²) in [5, 5.41) is 0. The van der Waals surface area contributed by atoms with Crippen LogP contribution in [-0.4, -0.2) is 0 Å². The zero-order valence-corrected chi connectivity index (χ0v) is 10.6. The van der Waals surface area contributed by atoms with Crippen LogP contribution in [0, 0.1) is 28.6 Å². The van der Waals surface area contributed by atoms with E-state index in [2.05, 4.69) is 33.8 Å². The molecule has 0 aromatic rings. The van der Waals surface area contributed by atoms with Gasteiger partial charge in [-0.15, -0.1) is 0 Å². The Hall–Kier alpha value is -0.260. The van der Waals surface area contributed by atoms with Gasteiger partial charge in [0.1, 0.15) is 0 Å². The molecule has 84 valence electrons. The van der Waals surface area contributed by atoms with Crippen LogP contribution in [0.25, 0.3) is 0 Å². The molecular weight excluding hydrogens is 180 g/mol. The van der Waals surface area contributed by atoms with Crippen molar-refractivity contribution in [2.24, 2.45) is 28.6 Å². The molecule has 0 N–H and O–H groups in total. The summed E-state index contributed by atoms with van der Waals surface area (Å²) in [7, 11) is 0. The standard InChI is InChI=1S/C15H24/c1-10-7-12-8-14(3,4)9-15(12)11(2)5-6-13(10)15/h7,11-13H,5-6,8-9H2,1-4H3/t11?,12-,13+,15-/m1/s1. The maximum Gasteiger partial charge on any atom is -0.0138 e. The first kappa shape index (κ1) is 9.93. The van der Waals surface area contributed by atoms with Crippen molar-refractivity contribution in [2.45, 2.75) is 53.4 Å². The zero-order valence-electron chi connectivity index (χ0n) is 10.6. The molecule has 1 unspecified atom stereocenters. The van der Waals surface area contributed by atoms with E-state index in [9.17, 15) is 0 Å². The molecule has 0 heterocycles. The molecule has 0 aromatic carbocycles. The van der Waals surface area contributed by atoms with Crippen LogP contribution >= 0.6 is 0 Å². The van der Waals surface area contributed by atoms with Crippen molar-refractivity contribution in [3.8, 4) is 0 Å². The van der Waals surface area contributed by atoms with E-state index in [4.69, 9.17) is 0 Å². The van der Waals surface area contributed by atoms with E-state index in [-0.39, 0.29) is 0 Å². The van der Waals surface area contributed by atoms with E-state index in [0.717, 1.165) is 17.8 Å². The second-order valence-corrected chi connectivity index (χ2v) is 7.21. The minimum Gasteiger partial charge on any atom is -0.0816 e. The van der Waals surface area contributed by atoms with Crippen molar-refractivity contribution in [1.29, 1.82) is 0 Å². The molecule has 0 saturated heterocycles. The fourth-order valence-corrected chi connectivity index (χ4v) is 5.34. The topological polar surface area (TPSA) is 0 Å². The van der Waals surface area contributed by atoms with Gasteiger partial charge in [-0.1, -0.05) is 32.4 Å². The summed E-state index contributed by atoms with van der Waals surface area (Å²) in [6.45, 7) is 9.85. The minimum atomic E-state index is 0.596. The highest BCUT2D eigenvalue weighted by molar-refractivity contribution is 5.28. The van der Waals surface area contributed by atoms with Gasteiger partial charge in [-0.05, 0) is 61.2 Å². The molecular formula is C15H24. The summed E-state index contributed by atoms with van der Waals surface area (Å²) in [6, 6.07) is 0. The second-order valence-electron chi connectivity index (χ2n) is 7.21. The van der Waals surface area contributed by atoms with Crippen molar-refractivity contribution < 1.29 is 0 Å². The third-order valence-corrected chi connectivity index (χ3v) is 5.72. The number of rotatable bonds is 0. The van der Waals surface area contributed by atoms with Crippen LogP contribution in [0.2, 0.25) is 0 Å². The Morgan fingerprint density at radius 1 is 1.27 bits per heavy atom. The van der Waals surface area contributed by atoms with Crippen LogP contribution in [-0.2, 0) is 0 Å². The van der Waals surface area contributed by atoms with Crippen molar-refractivity contribution in [3.63, 3.8) is 0 Å². The molecule has 3 aliphatic rings. The first-order valence-corrected chi connectivity index (χ1v) is 6.64. The fraction of sp³-hybridized carbons (Fsp3) is 0.867. The molecule has 2 saturated carbocycles. The lowest BCUT2D eigenvalue weighted by atomic mass is 9.67. The zero-order chi connectivity index (χ0) is 10.8. The smallest absolute Gasteiger partial charge is 0.0138 e. The Morgan fingerprint density at radius 3 is 2.73 bits per heavy atom. The van der Waals surface area contributed by atoms with Crippen LogP contribution in [0.5, 0.6) is 0 Å². The van der Waals surface area contributed by atoms with Crippen LogP contribution < -0.4 is 0 Å². The van der Waals surface area contributed by atoms with E-state index in [1.165, 1.54) is 25.7 Å². The van der Waals surface area contributed by atoms with Crippen molar-refractivity contribution in [1.82, 2.24) is 0 Å². The van der Waals surface area contributed by atoms with E-state index in [1.54, 1.807) is 5.57 Å². The summed E-state index contributed by atoms with van der Waals surface area (Å²) < 4.78 is 0. The van der Waals surface area contributed by atoms with Crippen molar-refractivity contribution in [3.05, 3.63) is 11.6 Å². The predicted octanol–water partition coefficient (Wildman–Crippen LogP) is 4.42. The normalized spacial score (nSPS) is 51.5. The van der Waals surface area contributed by atoms with E-state index in [0.29, 0.717) is 10.8 Å². The lowest BCUT2D eigenvalue weighted by molar-refractivity contribution is 0.135. The first-order chi connectivity index (χ1) is 6.96. The summed E-state index contributed by atoms with van der Waals surface area (Å²) in [4.78, 5) is 0. The Morgan fingerprint density at radius 2 is 2.00 bits per heavy atom. The molecule has 1 spiro atoms. The van der Waals surface area contributed by atoms with Gasteiger partial charge in [-0.3, -0.25) is 0 Å². The highest BCUT2D eigenvalue weighted by Gasteiger charge is 2.61. The lowest BCUT2D eigenvalue weighted by Crippen LogP contribution is -2.31. The molecule has 3 aliphatic carbocycles. The summed E-state index contributed by atoms with van der Waals surface area (Å²) in [5.74, 6) is 2.82. The number of allylic oxidation sites excluding steroid dienone is 2. The van der Waals surface area contributed by atoms with E-state index >= 15 is 0 Å². The van der Waals surface area contributed by atoms with Crippen molar-refractivity contribution in [2.75, 3.05) is 0 Å². The average molecular weight is 204 g/mol. The highest BCUT2D eigenvalue weighted by Crippen LogP contribution is 2.70. The molecule has 0 amide bonds. The molecule has 4 atom stereocenters. The number of hydrogen-bond acceptors (Lipinski definition) is 0. The molecule has 0 nitrogen and oxygen atoms in total. The largest absolute Gasteiger partial charge is 0.0816 e. The van der Waals surface area contributed by atoms with Gasteiger partial charge >= 0.3 is 0 Å². The highest BCUT2D eigenvalue weighted by atomic mass is 14.7. The SMILES string of the molecule is CC1=C[C@@H]2CC(C)(C)C[C@@]23C(C)CC[C@@H]13. The van der Waals surface area contributed by atoms with Gasteiger partial charge in [0.15, 0.2) is 0 Å². The maximum absolute atomic E-state index is 2.63. The van der Waals surface area contributed by atoms with Gasteiger partial charge in [0.2, 0.25) is 0 Å². The molecule has 0 radical (unpaired) electrons. The Balaban J connectivity index is 2.05. The third kappa shape index (κ3) is 1.09. The third-order valence-electron chi connectivity index (χ3n) is 5.72. The van der Waals surface area contributed by atoms with Crippen LogP contribution in [0.15, 0.2) is 11.6 Å². The van der Waals surface area contributed by atoms with Crippen LogP contribution in [0.3, 0.4) is 0 Å². The second kappa shape index (κ2) is 2.70. The van der Waals surface area contributed by atoms with Gasteiger partial charge in [0, 0.05) is 0 Å². The molecule has 0 aromatic heterocycles. The van der Waals surface area contributed by atoms with Gasteiger partial charge in [0.05, 0.1) is 0 Å². The monoisotopic (exact) mass is 204 g/mol. The van der Waals surface area contributed by atoms with Gasteiger partial charge in [-0.2, -0.15) is 0 Å². The van der Waals surface area contributed by atoms with Gasteiger partial charge in [0.25, 0.3) is 0 Å². The van der Waals surface area contributed by atoms with Gasteiger partial charge in [-0.25, -0.2) is 0 Å². The number of hydrogen-bond donors (Lipinski definition) is 0. The van der Waals surface area contributed by atoms with Crippen molar-refractivity contribution >= 4 is 0 Å². The lowest BCUT2D eigenvalue weighted by Gasteiger charge is -2.36. The average Bonchev–Trinajstić information content (AvgIpc) is 2.61. The Labute approximate surface area is 94.1 Å². The summed E-state index contributed by atoms with van der Waals surface area (Å²) >= 11 is 0. The summed E-state index contributed by atoms with van der Waals surface area (Å²) in [6.07, 6.45) is 8.49. The first-order valence-electron chi connectivity index (χ1n) is 6.64. The quantitative estimate of drug-likeness (QED) is 0.513. The Kier molecular flexibility index (Phi) is 1.79. The van der Waals surface area contributed by atoms with Crippen LogP contribution in [0.1, 0.15) is 53.4 Å². The molecule has 0 bridgehead atoms. The molecule has 15 heavy (non-hydrogen) atoms. The predicted molar refractivity (Wildman–Crippen MR) is 64.6 cm³/mol. The van der Waals surface area contributed by atoms with Gasteiger partial charge < -0.3 is 0 Å². The molecule has 3 rings (SSSR count). The molecule has 0 aliphatic heterocycles. The molecule has 0 heteroatoms.